The predicted octanol–water partition coefficient (Wildman–Crippen LogP) is 4.66. The van der Waals surface area contributed by atoms with Gasteiger partial charge in [0.1, 0.15) is 0 Å². The number of amides is 1. The Labute approximate surface area is 185 Å². The van der Waals surface area contributed by atoms with Crippen LogP contribution in [-0.4, -0.2) is 24.8 Å². The molecule has 9 heteroatoms. The smallest absolute Gasteiger partial charge is 0.265 e. The van der Waals surface area contributed by atoms with Gasteiger partial charge in [-0.15, -0.1) is 6.42 Å². The zero-order valence-electron chi connectivity index (χ0n) is 16.7. The molecule has 0 aromatic heterocycles. The lowest BCUT2D eigenvalue weighted by atomic mass is 10.0. The highest BCUT2D eigenvalue weighted by atomic mass is 19.2. The fraction of sp³-hybridized carbons (Fsp3) is 0.0833. The first-order valence-electron chi connectivity index (χ1n) is 9.34. The molecule has 4 nitrogen and oxygen atoms in total. The number of halogens is 5. The normalized spacial score (nSPS) is 10.4. The first-order chi connectivity index (χ1) is 15.8. The number of ether oxygens (including phenoxy) is 1. The monoisotopic (exact) mass is 459 g/mol. The standard InChI is InChI=1S/C24H14F5NO3/c1-2-12-30(16-11-7-6-10-15(16)23(32)14-8-4-3-5-9-14)17(31)13-33-24-21(28)19(26)18(25)20(27)22(24)29/h1,3-11H,12-13H2. The van der Waals surface area contributed by atoms with Crippen LogP contribution >= 0.6 is 0 Å². The maximum Gasteiger partial charge on any atom is 0.265 e. The topological polar surface area (TPSA) is 46.6 Å². The Morgan fingerprint density at radius 2 is 1.36 bits per heavy atom. The third kappa shape index (κ3) is 4.70. The van der Waals surface area contributed by atoms with E-state index in [1.807, 2.05) is 0 Å². The van der Waals surface area contributed by atoms with Crippen molar-refractivity contribution in [1.82, 2.24) is 0 Å². The van der Waals surface area contributed by atoms with Crippen LogP contribution in [-0.2, 0) is 4.79 Å². The molecule has 0 aliphatic heterocycles. The Balaban J connectivity index is 1.92. The summed E-state index contributed by atoms with van der Waals surface area (Å²) in [5, 5.41) is 0. The van der Waals surface area contributed by atoms with Gasteiger partial charge in [0.25, 0.3) is 5.91 Å². The Bertz CT molecular complexity index is 1230. The van der Waals surface area contributed by atoms with Crippen molar-refractivity contribution in [3.8, 4) is 18.1 Å². The highest BCUT2D eigenvalue weighted by Crippen LogP contribution is 2.29. The van der Waals surface area contributed by atoms with E-state index >= 15 is 0 Å². The van der Waals surface area contributed by atoms with E-state index in [9.17, 15) is 31.5 Å². The number of rotatable bonds is 7. The number of benzene rings is 3. The molecule has 0 N–H and O–H groups in total. The van der Waals surface area contributed by atoms with Gasteiger partial charge in [-0.3, -0.25) is 14.5 Å². The molecule has 168 valence electrons. The summed E-state index contributed by atoms with van der Waals surface area (Å²) in [6, 6.07) is 14.1. The third-order valence-electron chi connectivity index (χ3n) is 4.54. The van der Waals surface area contributed by atoms with E-state index in [-0.39, 0.29) is 17.8 Å². The maximum absolute atomic E-state index is 13.8. The largest absolute Gasteiger partial charge is 0.477 e. The maximum atomic E-state index is 13.8. The van der Waals surface area contributed by atoms with Crippen LogP contribution in [0.2, 0.25) is 0 Å². The quantitative estimate of drug-likeness (QED) is 0.170. The average Bonchev–Trinajstić information content (AvgIpc) is 2.84. The number of para-hydroxylation sites is 1. The first kappa shape index (κ1) is 23.5. The summed E-state index contributed by atoms with van der Waals surface area (Å²) in [5.41, 5.74) is 0.509. The van der Waals surface area contributed by atoms with Gasteiger partial charge < -0.3 is 4.74 Å². The predicted molar refractivity (Wildman–Crippen MR) is 109 cm³/mol. The Morgan fingerprint density at radius 3 is 1.97 bits per heavy atom. The molecule has 0 atom stereocenters. The molecule has 0 aliphatic carbocycles. The number of carbonyl (C=O) groups is 2. The second-order valence-corrected chi connectivity index (χ2v) is 6.58. The molecule has 0 heterocycles. The van der Waals surface area contributed by atoms with Gasteiger partial charge in [-0.05, 0) is 12.1 Å². The minimum atomic E-state index is -2.36. The summed E-state index contributed by atoms with van der Waals surface area (Å²) in [4.78, 5) is 26.6. The van der Waals surface area contributed by atoms with Crippen LogP contribution in [0.25, 0.3) is 0 Å². The number of terminal acetylenes is 1. The summed E-state index contributed by atoms with van der Waals surface area (Å²) in [5.74, 6) is -12.0. The zero-order chi connectivity index (χ0) is 24.1. The number of hydrogen-bond acceptors (Lipinski definition) is 3. The molecule has 0 saturated heterocycles. The zero-order valence-corrected chi connectivity index (χ0v) is 16.7. The van der Waals surface area contributed by atoms with E-state index in [4.69, 9.17) is 6.42 Å². The highest BCUT2D eigenvalue weighted by molar-refractivity contribution is 6.14. The summed E-state index contributed by atoms with van der Waals surface area (Å²) >= 11 is 0. The third-order valence-corrected chi connectivity index (χ3v) is 4.54. The van der Waals surface area contributed by atoms with Crippen LogP contribution < -0.4 is 9.64 Å². The summed E-state index contributed by atoms with van der Waals surface area (Å²) in [6.07, 6.45) is 5.32. The van der Waals surface area contributed by atoms with Crippen molar-refractivity contribution in [2.45, 2.75) is 0 Å². The average molecular weight is 459 g/mol. The molecule has 3 aromatic carbocycles. The van der Waals surface area contributed by atoms with Crippen LogP contribution in [0.4, 0.5) is 27.6 Å². The fourth-order valence-electron chi connectivity index (χ4n) is 2.97. The van der Waals surface area contributed by atoms with Gasteiger partial charge in [-0.2, -0.15) is 8.78 Å². The van der Waals surface area contributed by atoms with Gasteiger partial charge in [0.05, 0.1) is 12.2 Å². The van der Waals surface area contributed by atoms with Crippen LogP contribution in [0, 0.1) is 41.4 Å². The molecule has 0 unspecified atom stereocenters. The van der Waals surface area contributed by atoms with E-state index in [2.05, 4.69) is 10.7 Å². The molecule has 3 aromatic rings. The minimum Gasteiger partial charge on any atom is -0.477 e. The fourth-order valence-corrected chi connectivity index (χ4v) is 2.97. The summed E-state index contributed by atoms with van der Waals surface area (Å²) in [7, 11) is 0. The van der Waals surface area contributed by atoms with Crippen molar-refractivity contribution in [1.29, 1.82) is 0 Å². The van der Waals surface area contributed by atoms with Crippen LogP contribution in [0.5, 0.6) is 5.75 Å². The van der Waals surface area contributed by atoms with Crippen molar-refractivity contribution < 1.29 is 36.3 Å². The lowest BCUT2D eigenvalue weighted by Crippen LogP contribution is -2.36. The number of nitrogens with zero attached hydrogens (tertiary/aromatic N) is 1. The van der Waals surface area contributed by atoms with Crippen LogP contribution in [0.3, 0.4) is 0 Å². The minimum absolute atomic E-state index is 0.0790. The Kier molecular flexibility index (Phi) is 7.08. The van der Waals surface area contributed by atoms with E-state index in [1.165, 1.54) is 18.2 Å². The first-order valence-corrected chi connectivity index (χ1v) is 9.34. The number of hydrogen-bond donors (Lipinski definition) is 0. The molecule has 0 aliphatic rings. The van der Waals surface area contributed by atoms with E-state index < -0.39 is 53.1 Å². The molecular formula is C24H14F5NO3. The lowest BCUT2D eigenvalue weighted by Gasteiger charge is -2.23. The molecular weight excluding hydrogens is 445 g/mol. The van der Waals surface area contributed by atoms with Crippen molar-refractivity contribution in [3.63, 3.8) is 0 Å². The van der Waals surface area contributed by atoms with Crippen LogP contribution in [0.15, 0.2) is 54.6 Å². The molecule has 0 radical (unpaired) electrons. The Hall–Kier alpha value is -4.19. The number of anilines is 1. The molecule has 0 spiro atoms. The second kappa shape index (κ2) is 9.96. The molecule has 1 amide bonds. The van der Waals surface area contributed by atoms with Gasteiger partial charge in [0.15, 0.2) is 18.1 Å². The van der Waals surface area contributed by atoms with Gasteiger partial charge in [-0.1, -0.05) is 48.4 Å². The van der Waals surface area contributed by atoms with Crippen molar-refractivity contribution in [2.75, 3.05) is 18.1 Å². The number of carbonyl (C=O) groups excluding carboxylic acids is 2. The highest BCUT2D eigenvalue weighted by Gasteiger charge is 2.28. The van der Waals surface area contributed by atoms with Gasteiger partial charge in [-0.25, -0.2) is 13.2 Å². The van der Waals surface area contributed by atoms with Crippen molar-refractivity contribution in [2.24, 2.45) is 0 Å². The molecule has 0 saturated carbocycles. The van der Waals surface area contributed by atoms with Gasteiger partial charge in [0.2, 0.25) is 29.1 Å². The number of ketones is 1. The molecule has 0 fully saturated rings. The van der Waals surface area contributed by atoms with E-state index in [0.717, 1.165) is 4.90 Å². The molecule has 0 bridgehead atoms. The summed E-state index contributed by atoms with van der Waals surface area (Å²) < 4.78 is 72.3. The SMILES string of the molecule is C#CCN(C(=O)COc1c(F)c(F)c(F)c(F)c1F)c1ccccc1C(=O)c1ccccc1. The second-order valence-electron chi connectivity index (χ2n) is 6.58. The Morgan fingerprint density at radius 1 is 0.818 bits per heavy atom. The van der Waals surface area contributed by atoms with E-state index in [1.54, 1.807) is 36.4 Å². The van der Waals surface area contributed by atoms with Gasteiger partial charge in [0, 0.05) is 11.1 Å². The van der Waals surface area contributed by atoms with Crippen LogP contribution in [0.1, 0.15) is 15.9 Å². The molecule has 3 rings (SSSR count). The lowest BCUT2D eigenvalue weighted by molar-refractivity contribution is -0.120. The van der Waals surface area contributed by atoms with E-state index in [0.29, 0.717) is 5.56 Å². The molecule has 33 heavy (non-hydrogen) atoms. The van der Waals surface area contributed by atoms with Crippen molar-refractivity contribution >= 4 is 17.4 Å². The van der Waals surface area contributed by atoms with Gasteiger partial charge >= 0.3 is 0 Å². The van der Waals surface area contributed by atoms with Crippen molar-refractivity contribution in [3.05, 3.63) is 94.8 Å². The summed E-state index contributed by atoms with van der Waals surface area (Å²) in [6.45, 7) is -1.48.